The maximum absolute atomic E-state index is 12.5. The number of halogens is 1. The van der Waals surface area contributed by atoms with E-state index < -0.39 is 23.1 Å². The minimum atomic E-state index is -0.726. The van der Waals surface area contributed by atoms with Crippen molar-refractivity contribution in [2.24, 2.45) is 19.1 Å². The maximum Gasteiger partial charge on any atom is 0.333 e. The predicted octanol–water partition coefficient (Wildman–Crippen LogP) is 1.43. The van der Waals surface area contributed by atoms with Crippen LogP contribution in [0.5, 0.6) is 5.88 Å². The van der Waals surface area contributed by atoms with Crippen molar-refractivity contribution >= 4 is 40.1 Å². The van der Waals surface area contributed by atoms with Crippen molar-refractivity contribution in [3.63, 3.8) is 0 Å². The Morgan fingerprint density at radius 2 is 1.85 bits per heavy atom. The van der Waals surface area contributed by atoms with Crippen LogP contribution in [-0.2, 0) is 23.6 Å². The molecule has 138 valence electrons. The Morgan fingerprint density at radius 1 is 1.23 bits per heavy atom. The maximum atomic E-state index is 12.5. The average molecular weight is 398 g/mol. The summed E-state index contributed by atoms with van der Waals surface area (Å²) in [5.74, 6) is -1.20. The van der Waals surface area contributed by atoms with Gasteiger partial charge < -0.3 is 9.84 Å². The number of aromatic hydroxyl groups is 1. The highest BCUT2D eigenvalue weighted by atomic mass is 35.5. The van der Waals surface area contributed by atoms with Gasteiger partial charge in [0.15, 0.2) is 0 Å². The molecule has 0 spiro atoms. The van der Waals surface area contributed by atoms with Gasteiger partial charge in [-0.3, -0.25) is 18.7 Å². The van der Waals surface area contributed by atoms with Gasteiger partial charge in [-0.25, -0.2) is 9.79 Å². The quantitative estimate of drug-likeness (QED) is 0.475. The molecule has 8 nitrogen and oxygen atoms in total. The third-order valence-electron chi connectivity index (χ3n) is 3.46. The Bertz CT molecular complexity index is 979. The van der Waals surface area contributed by atoms with Crippen LogP contribution in [0.1, 0.15) is 5.56 Å². The van der Waals surface area contributed by atoms with E-state index in [9.17, 15) is 19.5 Å². The Labute approximate surface area is 157 Å². The van der Waals surface area contributed by atoms with E-state index in [0.717, 1.165) is 20.9 Å². The van der Waals surface area contributed by atoms with Crippen molar-refractivity contribution < 1.29 is 14.6 Å². The second-order valence-electron chi connectivity index (χ2n) is 5.16. The smallest absolute Gasteiger partial charge is 0.333 e. The first kappa shape index (κ1) is 19.8. The first-order valence-corrected chi connectivity index (χ1v) is 8.65. The van der Waals surface area contributed by atoms with E-state index in [4.69, 9.17) is 11.6 Å². The SMILES string of the molecule is COC(=O)CSC(=Nc1ccc(Cl)cc1)c1c(O)n(C)c(=O)n(C)c1=O. The zero-order chi connectivity index (χ0) is 19.4. The summed E-state index contributed by atoms with van der Waals surface area (Å²) in [6.45, 7) is 0. The summed E-state index contributed by atoms with van der Waals surface area (Å²) in [4.78, 5) is 40.3. The van der Waals surface area contributed by atoms with Gasteiger partial charge in [-0.05, 0) is 24.3 Å². The molecule has 1 aromatic carbocycles. The molecule has 0 unspecified atom stereocenters. The number of ether oxygens (including phenoxy) is 1. The average Bonchev–Trinajstić information content (AvgIpc) is 2.64. The van der Waals surface area contributed by atoms with Crippen molar-refractivity contribution in [2.75, 3.05) is 12.9 Å². The molecular weight excluding hydrogens is 382 g/mol. The van der Waals surface area contributed by atoms with Crippen LogP contribution in [0.15, 0.2) is 38.8 Å². The number of esters is 1. The number of benzene rings is 1. The van der Waals surface area contributed by atoms with E-state index >= 15 is 0 Å². The number of aliphatic imine (C=N–C) groups is 1. The monoisotopic (exact) mass is 397 g/mol. The van der Waals surface area contributed by atoms with E-state index in [1.54, 1.807) is 24.3 Å². The number of rotatable bonds is 4. The number of nitrogens with zero attached hydrogens (tertiary/aromatic N) is 3. The second kappa shape index (κ2) is 8.24. The molecule has 10 heteroatoms. The van der Waals surface area contributed by atoms with Crippen molar-refractivity contribution in [3.8, 4) is 5.88 Å². The number of hydrogen-bond acceptors (Lipinski definition) is 7. The number of thioether (sulfide) groups is 1. The van der Waals surface area contributed by atoms with Gasteiger partial charge in [0.1, 0.15) is 10.6 Å². The summed E-state index contributed by atoms with van der Waals surface area (Å²) >= 11 is 6.76. The number of methoxy groups -OCH3 is 1. The van der Waals surface area contributed by atoms with Crippen LogP contribution in [0.4, 0.5) is 5.69 Å². The number of carbonyl (C=O) groups is 1. The molecule has 2 rings (SSSR count). The molecule has 26 heavy (non-hydrogen) atoms. The van der Waals surface area contributed by atoms with Crippen LogP contribution in [0.3, 0.4) is 0 Å². The normalized spacial score (nSPS) is 11.5. The lowest BCUT2D eigenvalue weighted by atomic mass is 10.3. The fourth-order valence-corrected chi connectivity index (χ4v) is 2.99. The highest BCUT2D eigenvalue weighted by Crippen LogP contribution is 2.24. The molecule has 0 bridgehead atoms. The van der Waals surface area contributed by atoms with Gasteiger partial charge in [0.05, 0.1) is 18.6 Å². The summed E-state index contributed by atoms with van der Waals surface area (Å²) in [5.41, 5.74) is -1.13. The Balaban J connectivity index is 2.65. The summed E-state index contributed by atoms with van der Waals surface area (Å²) in [7, 11) is 3.85. The van der Waals surface area contributed by atoms with E-state index in [-0.39, 0.29) is 16.4 Å². The lowest BCUT2D eigenvalue weighted by molar-refractivity contribution is -0.137. The van der Waals surface area contributed by atoms with Crippen LogP contribution < -0.4 is 11.2 Å². The van der Waals surface area contributed by atoms with Crippen LogP contribution in [-0.4, -0.2) is 38.1 Å². The van der Waals surface area contributed by atoms with E-state index in [0.29, 0.717) is 10.7 Å². The molecule has 1 N–H and O–H groups in total. The first-order valence-electron chi connectivity index (χ1n) is 7.29. The van der Waals surface area contributed by atoms with Crippen LogP contribution in [0.25, 0.3) is 0 Å². The number of aromatic nitrogens is 2. The third kappa shape index (κ3) is 4.17. The van der Waals surface area contributed by atoms with E-state index in [1.165, 1.54) is 21.2 Å². The summed E-state index contributed by atoms with van der Waals surface area (Å²) in [5, 5.41) is 10.9. The lowest BCUT2D eigenvalue weighted by Gasteiger charge is -2.12. The first-order chi connectivity index (χ1) is 12.3. The molecule has 0 radical (unpaired) electrons. The van der Waals surface area contributed by atoms with Crippen LogP contribution in [0, 0.1) is 0 Å². The number of hydrogen-bond donors (Lipinski definition) is 1. The molecule has 0 atom stereocenters. The van der Waals surface area contributed by atoms with Gasteiger partial charge in [0.25, 0.3) is 5.56 Å². The van der Waals surface area contributed by atoms with E-state index in [1.807, 2.05) is 0 Å². The molecule has 0 amide bonds. The van der Waals surface area contributed by atoms with Crippen LogP contribution >= 0.6 is 23.4 Å². The molecule has 0 aliphatic heterocycles. The zero-order valence-electron chi connectivity index (χ0n) is 14.2. The molecular formula is C16H16ClN3O5S. The minimum absolute atomic E-state index is 0.0754. The standard InChI is InChI=1S/C16H16ClN3O5S/c1-19-14(22)12(15(23)20(2)16(19)24)13(26-8-11(21)25-3)18-10-6-4-9(17)5-7-10/h4-7,22H,8H2,1-3H3. The summed E-state index contributed by atoms with van der Waals surface area (Å²) in [6.07, 6.45) is 0. The van der Waals surface area contributed by atoms with Crippen molar-refractivity contribution in [1.29, 1.82) is 0 Å². The zero-order valence-corrected chi connectivity index (χ0v) is 15.8. The highest BCUT2D eigenvalue weighted by Gasteiger charge is 2.21. The van der Waals surface area contributed by atoms with Crippen molar-refractivity contribution in [1.82, 2.24) is 9.13 Å². The molecule has 0 aliphatic carbocycles. The molecule has 1 heterocycles. The second-order valence-corrected chi connectivity index (χ2v) is 6.56. The molecule has 0 saturated heterocycles. The van der Waals surface area contributed by atoms with Gasteiger partial charge in [0.2, 0.25) is 5.88 Å². The van der Waals surface area contributed by atoms with Crippen molar-refractivity contribution in [2.45, 2.75) is 0 Å². The largest absolute Gasteiger partial charge is 0.494 e. The van der Waals surface area contributed by atoms with Gasteiger partial charge in [-0.1, -0.05) is 23.4 Å². The third-order valence-corrected chi connectivity index (χ3v) is 4.66. The Hall–Kier alpha value is -2.52. The molecule has 0 saturated carbocycles. The van der Waals surface area contributed by atoms with Gasteiger partial charge in [0, 0.05) is 19.1 Å². The van der Waals surface area contributed by atoms with Crippen molar-refractivity contribution in [3.05, 3.63) is 55.7 Å². The van der Waals surface area contributed by atoms with E-state index in [2.05, 4.69) is 9.73 Å². The highest BCUT2D eigenvalue weighted by molar-refractivity contribution is 8.15. The topological polar surface area (TPSA) is 103 Å². The molecule has 0 fully saturated rings. The Morgan fingerprint density at radius 3 is 2.42 bits per heavy atom. The van der Waals surface area contributed by atoms with Crippen LogP contribution in [0.2, 0.25) is 5.02 Å². The molecule has 2 aromatic rings. The predicted molar refractivity (Wildman–Crippen MR) is 101 cm³/mol. The fraction of sp³-hybridized carbons (Fsp3) is 0.250. The fourth-order valence-electron chi connectivity index (χ4n) is 2.00. The number of carbonyl (C=O) groups excluding carboxylic acids is 1. The molecule has 1 aromatic heterocycles. The van der Waals surface area contributed by atoms with Gasteiger partial charge >= 0.3 is 11.7 Å². The summed E-state index contributed by atoms with van der Waals surface area (Å²) in [6, 6.07) is 6.46. The van der Waals surface area contributed by atoms with Gasteiger partial charge in [-0.15, -0.1) is 0 Å². The lowest BCUT2D eigenvalue weighted by Crippen LogP contribution is -2.39. The van der Waals surface area contributed by atoms with Gasteiger partial charge in [-0.2, -0.15) is 0 Å². The summed E-state index contributed by atoms with van der Waals surface area (Å²) < 4.78 is 6.37. The molecule has 0 aliphatic rings. The minimum Gasteiger partial charge on any atom is -0.494 e. The Kier molecular flexibility index (Phi) is 6.27.